The van der Waals surface area contributed by atoms with Crippen molar-refractivity contribution in [2.45, 2.75) is 31.4 Å². The zero-order valence-electron chi connectivity index (χ0n) is 10.5. The number of hydrogen-bond donors (Lipinski definition) is 1. The SMILES string of the molecule is NC(=O)c1cnc(N2CCOC3CCCC32)c(Cl)c1. The lowest BCUT2D eigenvalue weighted by Crippen LogP contribution is -2.49. The van der Waals surface area contributed by atoms with Crippen molar-refractivity contribution in [1.82, 2.24) is 4.98 Å². The number of primary amides is 1. The van der Waals surface area contributed by atoms with Gasteiger partial charge in [-0.05, 0) is 25.3 Å². The van der Waals surface area contributed by atoms with Crippen molar-refractivity contribution < 1.29 is 9.53 Å². The number of amides is 1. The molecule has 6 heteroatoms. The molecule has 5 nitrogen and oxygen atoms in total. The third kappa shape index (κ3) is 2.28. The van der Waals surface area contributed by atoms with Crippen LogP contribution in [0, 0.1) is 0 Å². The van der Waals surface area contributed by atoms with Gasteiger partial charge in [0.2, 0.25) is 5.91 Å². The molecule has 2 unspecified atom stereocenters. The fourth-order valence-electron chi connectivity index (χ4n) is 2.97. The molecule has 2 heterocycles. The second-order valence-corrected chi connectivity index (χ2v) is 5.40. The first kappa shape index (κ1) is 12.7. The van der Waals surface area contributed by atoms with Crippen molar-refractivity contribution in [1.29, 1.82) is 0 Å². The molecule has 1 aliphatic heterocycles. The van der Waals surface area contributed by atoms with Crippen molar-refractivity contribution in [3.05, 3.63) is 22.8 Å². The van der Waals surface area contributed by atoms with E-state index in [4.69, 9.17) is 22.1 Å². The van der Waals surface area contributed by atoms with Gasteiger partial charge in [0.1, 0.15) is 5.82 Å². The minimum atomic E-state index is -0.512. The van der Waals surface area contributed by atoms with E-state index in [1.54, 1.807) is 6.07 Å². The lowest BCUT2D eigenvalue weighted by atomic mass is 10.1. The predicted molar refractivity (Wildman–Crippen MR) is 72.5 cm³/mol. The molecule has 0 radical (unpaired) electrons. The van der Waals surface area contributed by atoms with Gasteiger partial charge in [0.15, 0.2) is 0 Å². The molecule has 1 aliphatic carbocycles. The van der Waals surface area contributed by atoms with Gasteiger partial charge >= 0.3 is 0 Å². The van der Waals surface area contributed by atoms with Gasteiger partial charge in [-0.2, -0.15) is 0 Å². The molecule has 1 amide bonds. The number of halogens is 1. The van der Waals surface area contributed by atoms with E-state index in [1.807, 2.05) is 0 Å². The summed E-state index contributed by atoms with van der Waals surface area (Å²) in [6, 6.07) is 1.93. The van der Waals surface area contributed by atoms with Crippen molar-refractivity contribution in [2.75, 3.05) is 18.1 Å². The Balaban J connectivity index is 1.90. The number of nitrogens with zero attached hydrogens (tertiary/aromatic N) is 2. The molecule has 0 spiro atoms. The van der Waals surface area contributed by atoms with Gasteiger partial charge < -0.3 is 15.4 Å². The van der Waals surface area contributed by atoms with Crippen LogP contribution in [0.15, 0.2) is 12.3 Å². The fraction of sp³-hybridized carbons (Fsp3) is 0.538. The maximum atomic E-state index is 11.1. The first-order valence-electron chi connectivity index (χ1n) is 6.50. The van der Waals surface area contributed by atoms with Crippen LogP contribution in [0.5, 0.6) is 0 Å². The molecule has 102 valence electrons. The Morgan fingerprint density at radius 1 is 1.53 bits per heavy atom. The lowest BCUT2D eigenvalue weighted by Gasteiger charge is -2.38. The van der Waals surface area contributed by atoms with Crippen LogP contribution in [0.1, 0.15) is 29.6 Å². The van der Waals surface area contributed by atoms with E-state index in [9.17, 15) is 4.79 Å². The number of pyridine rings is 1. The summed E-state index contributed by atoms with van der Waals surface area (Å²) in [5.74, 6) is 0.216. The molecule has 19 heavy (non-hydrogen) atoms. The molecular weight excluding hydrogens is 266 g/mol. The Kier molecular flexibility index (Phi) is 3.33. The number of carbonyl (C=O) groups excluding carboxylic acids is 1. The topological polar surface area (TPSA) is 68.5 Å². The average molecular weight is 282 g/mol. The molecule has 0 aromatic carbocycles. The van der Waals surface area contributed by atoms with Gasteiger partial charge in [0.25, 0.3) is 0 Å². The number of nitrogens with two attached hydrogens (primary N) is 1. The maximum Gasteiger partial charge on any atom is 0.250 e. The highest BCUT2D eigenvalue weighted by Crippen LogP contribution is 2.35. The van der Waals surface area contributed by atoms with Crippen LogP contribution < -0.4 is 10.6 Å². The second-order valence-electron chi connectivity index (χ2n) is 4.99. The maximum absolute atomic E-state index is 11.1. The van der Waals surface area contributed by atoms with Crippen LogP contribution in [0.3, 0.4) is 0 Å². The minimum absolute atomic E-state index is 0.280. The average Bonchev–Trinajstić information content (AvgIpc) is 2.86. The molecule has 2 atom stereocenters. The largest absolute Gasteiger partial charge is 0.374 e. The highest BCUT2D eigenvalue weighted by molar-refractivity contribution is 6.33. The Hall–Kier alpha value is -1.33. The van der Waals surface area contributed by atoms with Crippen molar-refractivity contribution in [2.24, 2.45) is 5.73 Å². The number of fused-ring (bicyclic) bond motifs is 1. The van der Waals surface area contributed by atoms with Crippen LogP contribution >= 0.6 is 11.6 Å². The third-order valence-electron chi connectivity index (χ3n) is 3.86. The smallest absolute Gasteiger partial charge is 0.250 e. The summed E-state index contributed by atoms with van der Waals surface area (Å²) in [6.45, 7) is 1.47. The van der Waals surface area contributed by atoms with E-state index in [0.717, 1.165) is 25.2 Å². The molecule has 0 bridgehead atoms. The van der Waals surface area contributed by atoms with E-state index in [0.29, 0.717) is 23.2 Å². The number of rotatable bonds is 2. The second kappa shape index (κ2) is 4.98. The van der Waals surface area contributed by atoms with Gasteiger partial charge in [0.05, 0.1) is 29.3 Å². The van der Waals surface area contributed by atoms with Gasteiger partial charge in [0, 0.05) is 12.7 Å². The van der Waals surface area contributed by atoms with Gasteiger partial charge in [-0.25, -0.2) is 4.98 Å². The first-order chi connectivity index (χ1) is 9.16. The monoisotopic (exact) mass is 281 g/mol. The summed E-state index contributed by atoms with van der Waals surface area (Å²) in [4.78, 5) is 17.6. The molecule has 1 saturated heterocycles. The van der Waals surface area contributed by atoms with E-state index >= 15 is 0 Å². The van der Waals surface area contributed by atoms with E-state index in [2.05, 4.69) is 9.88 Å². The molecular formula is C13H16ClN3O2. The van der Waals surface area contributed by atoms with Gasteiger partial charge in [-0.3, -0.25) is 4.79 Å². The Morgan fingerprint density at radius 2 is 2.37 bits per heavy atom. The zero-order chi connectivity index (χ0) is 13.4. The summed E-state index contributed by atoms with van der Waals surface area (Å²) in [7, 11) is 0. The fourth-order valence-corrected chi connectivity index (χ4v) is 3.24. The molecule has 2 N–H and O–H groups in total. The quantitative estimate of drug-likeness (QED) is 0.894. The Bertz CT molecular complexity index is 509. The number of carbonyl (C=O) groups is 1. The summed E-state index contributed by atoms with van der Waals surface area (Å²) in [6.07, 6.45) is 5.13. The third-order valence-corrected chi connectivity index (χ3v) is 4.14. The van der Waals surface area contributed by atoms with Crippen molar-refractivity contribution >= 4 is 23.3 Å². The summed E-state index contributed by atoms with van der Waals surface area (Å²) in [5, 5.41) is 0.476. The summed E-state index contributed by atoms with van der Waals surface area (Å²) in [5.41, 5.74) is 5.56. The van der Waals surface area contributed by atoms with Crippen LogP contribution in [0.2, 0.25) is 5.02 Å². The number of anilines is 1. The Labute approximate surface area is 116 Å². The standard InChI is InChI=1S/C13H16ClN3O2/c14-9-6-8(12(15)18)7-16-13(9)17-4-5-19-11-3-1-2-10(11)17/h6-7,10-11H,1-5H2,(H2,15,18). The molecule has 2 aliphatic rings. The molecule has 1 saturated carbocycles. The normalized spacial score (nSPS) is 26.3. The molecule has 3 rings (SSSR count). The van der Waals surface area contributed by atoms with Gasteiger partial charge in [-0.1, -0.05) is 11.6 Å². The zero-order valence-corrected chi connectivity index (χ0v) is 11.3. The lowest BCUT2D eigenvalue weighted by molar-refractivity contribution is 0.0253. The van der Waals surface area contributed by atoms with Crippen molar-refractivity contribution in [3.63, 3.8) is 0 Å². The van der Waals surface area contributed by atoms with Crippen LogP contribution in [0.25, 0.3) is 0 Å². The first-order valence-corrected chi connectivity index (χ1v) is 6.88. The van der Waals surface area contributed by atoms with Crippen LogP contribution in [0.4, 0.5) is 5.82 Å². The molecule has 2 fully saturated rings. The van der Waals surface area contributed by atoms with E-state index in [-0.39, 0.29) is 6.10 Å². The summed E-state index contributed by atoms with van der Waals surface area (Å²) < 4.78 is 5.77. The summed E-state index contributed by atoms with van der Waals surface area (Å²) >= 11 is 6.24. The highest BCUT2D eigenvalue weighted by atomic mass is 35.5. The number of aromatic nitrogens is 1. The highest BCUT2D eigenvalue weighted by Gasteiger charge is 2.37. The van der Waals surface area contributed by atoms with Crippen LogP contribution in [-0.4, -0.2) is 36.2 Å². The van der Waals surface area contributed by atoms with E-state index in [1.165, 1.54) is 12.6 Å². The minimum Gasteiger partial charge on any atom is -0.374 e. The molecule has 1 aromatic heterocycles. The van der Waals surface area contributed by atoms with Crippen molar-refractivity contribution in [3.8, 4) is 0 Å². The van der Waals surface area contributed by atoms with E-state index < -0.39 is 5.91 Å². The predicted octanol–water partition coefficient (Wildman–Crippen LogP) is 1.59. The number of ether oxygens (including phenoxy) is 1. The van der Waals surface area contributed by atoms with Gasteiger partial charge in [-0.15, -0.1) is 0 Å². The molecule has 1 aromatic rings. The van der Waals surface area contributed by atoms with Crippen LogP contribution in [-0.2, 0) is 4.74 Å². The number of hydrogen-bond acceptors (Lipinski definition) is 4. The Morgan fingerprint density at radius 3 is 3.11 bits per heavy atom. The number of morpholine rings is 1.